The van der Waals surface area contributed by atoms with Gasteiger partial charge in [-0.3, -0.25) is 9.59 Å². The van der Waals surface area contributed by atoms with E-state index in [0.29, 0.717) is 11.4 Å². The van der Waals surface area contributed by atoms with Gasteiger partial charge in [-0.2, -0.15) is 0 Å². The van der Waals surface area contributed by atoms with Gasteiger partial charge in [0.25, 0.3) is 5.91 Å². The standard InChI is InChI=1S/C20H22N6O4/c1-29-15-8-6-13(7-9-15)11-22-20(28)18-19(21)26(25-24-18)12-17(27)23-14-4-3-5-16(10-14)30-2/h3-10H,11-12,21H2,1-2H3,(H,22,28)(H,23,27). The third kappa shape index (κ3) is 5.04. The van der Waals surface area contributed by atoms with Crippen LogP contribution in [0.25, 0.3) is 0 Å². The van der Waals surface area contributed by atoms with Crippen LogP contribution in [0.1, 0.15) is 16.1 Å². The molecule has 2 amide bonds. The molecule has 3 aromatic rings. The lowest BCUT2D eigenvalue weighted by Gasteiger charge is -2.08. The number of rotatable bonds is 8. The molecule has 0 aliphatic rings. The molecule has 2 aromatic carbocycles. The molecule has 0 aliphatic carbocycles. The Hall–Kier alpha value is -4.08. The minimum Gasteiger partial charge on any atom is -0.497 e. The quantitative estimate of drug-likeness (QED) is 0.512. The van der Waals surface area contributed by atoms with Crippen LogP contribution in [0, 0.1) is 0 Å². The van der Waals surface area contributed by atoms with Gasteiger partial charge in [0.1, 0.15) is 18.0 Å². The molecule has 1 aromatic heterocycles. The number of carbonyl (C=O) groups is 2. The molecule has 4 N–H and O–H groups in total. The summed E-state index contributed by atoms with van der Waals surface area (Å²) in [6.45, 7) is 0.0905. The van der Waals surface area contributed by atoms with E-state index in [9.17, 15) is 9.59 Å². The van der Waals surface area contributed by atoms with Crippen molar-refractivity contribution in [2.45, 2.75) is 13.1 Å². The third-order valence-corrected chi connectivity index (χ3v) is 4.25. The zero-order chi connectivity index (χ0) is 21.5. The van der Waals surface area contributed by atoms with Gasteiger partial charge in [-0.1, -0.05) is 23.4 Å². The number of aromatic nitrogens is 3. The Morgan fingerprint density at radius 1 is 1.07 bits per heavy atom. The predicted octanol–water partition coefficient (Wildman–Crippen LogP) is 1.45. The topological polar surface area (TPSA) is 133 Å². The molecule has 0 unspecified atom stereocenters. The van der Waals surface area contributed by atoms with Gasteiger partial charge in [0.05, 0.1) is 14.2 Å². The van der Waals surface area contributed by atoms with Crippen LogP contribution < -0.4 is 25.8 Å². The number of carbonyl (C=O) groups excluding carboxylic acids is 2. The monoisotopic (exact) mass is 410 g/mol. The van der Waals surface area contributed by atoms with Crippen LogP contribution in [0.15, 0.2) is 48.5 Å². The Bertz CT molecular complexity index is 1030. The number of hydrogen-bond acceptors (Lipinski definition) is 7. The maximum atomic E-state index is 12.4. The zero-order valence-corrected chi connectivity index (χ0v) is 16.6. The highest BCUT2D eigenvalue weighted by molar-refractivity contribution is 5.96. The summed E-state index contributed by atoms with van der Waals surface area (Å²) in [5, 5.41) is 13.0. The van der Waals surface area contributed by atoms with Gasteiger partial charge in [-0.25, -0.2) is 4.68 Å². The summed E-state index contributed by atoms with van der Waals surface area (Å²) in [6, 6.07) is 14.2. The first-order chi connectivity index (χ1) is 14.5. The Balaban J connectivity index is 1.58. The number of methoxy groups -OCH3 is 2. The first-order valence-electron chi connectivity index (χ1n) is 9.04. The predicted molar refractivity (Wildman–Crippen MR) is 110 cm³/mol. The van der Waals surface area contributed by atoms with Gasteiger partial charge in [0.15, 0.2) is 11.5 Å². The van der Waals surface area contributed by atoms with Gasteiger partial charge in [0.2, 0.25) is 5.91 Å². The van der Waals surface area contributed by atoms with Crippen molar-refractivity contribution >= 4 is 23.3 Å². The molecule has 10 nitrogen and oxygen atoms in total. The Morgan fingerprint density at radius 3 is 2.50 bits per heavy atom. The minimum atomic E-state index is -0.484. The van der Waals surface area contributed by atoms with Crippen molar-refractivity contribution in [3.63, 3.8) is 0 Å². The summed E-state index contributed by atoms with van der Waals surface area (Å²) in [5.41, 5.74) is 7.36. The van der Waals surface area contributed by atoms with Gasteiger partial charge in [-0.05, 0) is 29.8 Å². The fraction of sp³-hybridized carbons (Fsp3) is 0.200. The molecule has 0 fully saturated rings. The Labute approximate surface area is 173 Å². The number of nitrogens with zero attached hydrogens (tertiary/aromatic N) is 3. The maximum Gasteiger partial charge on any atom is 0.275 e. The Kier molecular flexibility index (Phi) is 6.48. The molecule has 10 heteroatoms. The first-order valence-corrected chi connectivity index (χ1v) is 9.04. The van der Waals surface area contributed by atoms with Crippen LogP contribution in [0.2, 0.25) is 0 Å². The van der Waals surface area contributed by atoms with Crippen molar-refractivity contribution in [2.24, 2.45) is 0 Å². The van der Waals surface area contributed by atoms with Crippen molar-refractivity contribution in [3.05, 3.63) is 59.8 Å². The molecule has 30 heavy (non-hydrogen) atoms. The highest BCUT2D eigenvalue weighted by Gasteiger charge is 2.19. The van der Waals surface area contributed by atoms with Crippen LogP contribution in [-0.4, -0.2) is 41.0 Å². The summed E-state index contributed by atoms with van der Waals surface area (Å²) < 4.78 is 11.4. The number of nitrogen functional groups attached to an aromatic ring is 1. The van der Waals surface area contributed by atoms with Crippen molar-refractivity contribution in [1.29, 1.82) is 0 Å². The van der Waals surface area contributed by atoms with Gasteiger partial charge < -0.3 is 25.8 Å². The van der Waals surface area contributed by atoms with E-state index >= 15 is 0 Å². The molecule has 0 bridgehead atoms. The van der Waals surface area contributed by atoms with Crippen molar-refractivity contribution < 1.29 is 19.1 Å². The summed E-state index contributed by atoms with van der Waals surface area (Å²) in [5.74, 6) is 0.490. The van der Waals surface area contributed by atoms with Crippen LogP contribution >= 0.6 is 0 Å². The first kappa shape index (κ1) is 20.6. The number of ether oxygens (including phenoxy) is 2. The Morgan fingerprint density at radius 2 is 1.80 bits per heavy atom. The van der Waals surface area contributed by atoms with Crippen molar-refractivity contribution in [3.8, 4) is 11.5 Å². The largest absolute Gasteiger partial charge is 0.497 e. The lowest BCUT2D eigenvalue weighted by Crippen LogP contribution is -2.25. The fourth-order valence-corrected chi connectivity index (χ4v) is 2.65. The summed E-state index contributed by atoms with van der Waals surface area (Å²) in [4.78, 5) is 24.6. The average molecular weight is 410 g/mol. The van der Waals surface area contributed by atoms with Crippen LogP contribution in [-0.2, 0) is 17.9 Å². The van der Waals surface area contributed by atoms with E-state index in [4.69, 9.17) is 15.2 Å². The smallest absolute Gasteiger partial charge is 0.275 e. The fourth-order valence-electron chi connectivity index (χ4n) is 2.65. The zero-order valence-electron chi connectivity index (χ0n) is 16.6. The molecule has 0 spiro atoms. The molecule has 156 valence electrons. The number of nitrogens with two attached hydrogens (primary N) is 1. The van der Waals surface area contributed by atoms with E-state index in [1.54, 1.807) is 43.5 Å². The second-order valence-electron chi connectivity index (χ2n) is 6.29. The molecule has 1 heterocycles. The summed E-state index contributed by atoms with van der Waals surface area (Å²) >= 11 is 0. The average Bonchev–Trinajstić information content (AvgIpc) is 3.12. The third-order valence-electron chi connectivity index (χ3n) is 4.25. The highest BCUT2D eigenvalue weighted by atomic mass is 16.5. The molecular weight excluding hydrogens is 388 g/mol. The molecule has 0 saturated heterocycles. The van der Waals surface area contributed by atoms with Gasteiger partial charge in [-0.15, -0.1) is 5.10 Å². The number of hydrogen-bond donors (Lipinski definition) is 3. The highest BCUT2D eigenvalue weighted by Crippen LogP contribution is 2.17. The molecule has 0 aliphatic heterocycles. The molecule has 0 atom stereocenters. The van der Waals surface area contributed by atoms with E-state index in [-0.39, 0.29) is 30.5 Å². The normalized spacial score (nSPS) is 10.3. The van der Waals surface area contributed by atoms with Crippen molar-refractivity contribution in [2.75, 3.05) is 25.3 Å². The molecule has 0 saturated carbocycles. The van der Waals surface area contributed by atoms with Crippen LogP contribution in [0.5, 0.6) is 11.5 Å². The van der Waals surface area contributed by atoms with Crippen LogP contribution in [0.4, 0.5) is 11.5 Å². The van der Waals surface area contributed by atoms with E-state index < -0.39 is 5.91 Å². The molecule has 3 rings (SSSR count). The summed E-state index contributed by atoms with van der Waals surface area (Å²) in [6.07, 6.45) is 0. The maximum absolute atomic E-state index is 12.4. The second-order valence-corrected chi connectivity index (χ2v) is 6.29. The number of anilines is 2. The second kappa shape index (κ2) is 9.41. The molecule has 0 radical (unpaired) electrons. The van der Waals surface area contributed by atoms with E-state index in [1.807, 2.05) is 12.1 Å². The number of amides is 2. The lowest BCUT2D eigenvalue weighted by molar-refractivity contribution is -0.116. The van der Waals surface area contributed by atoms with Crippen molar-refractivity contribution in [1.82, 2.24) is 20.3 Å². The summed E-state index contributed by atoms with van der Waals surface area (Å²) in [7, 11) is 3.12. The molecular formula is C20H22N6O4. The lowest BCUT2D eigenvalue weighted by atomic mass is 10.2. The van der Waals surface area contributed by atoms with E-state index in [0.717, 1.165) is 16.0 Å². The van der Waals surface area contributed by atoms with Gasteiger partial charge in [0, 0.05) is 18.3 Å². The van der Waals surface area contributed by atoms with E-state index in [1.165, 1.54) is 7.11 Å². The number of nitrogens with one attached hydrogen (secondary N) is 2. The van der Waals surface area contributed by atoms with Crippen LogP contribution in [0.3, 0.4) is 0 Å². The minimum absolute atomic E-state index is 0.00280. The number of benzene rings is 2. The van der Waals surface area contributed by atoms with Gasteiger partial charge >= 0.3 is 0 Å². The van der Waals surface area contributed by atoms with E-state index in [2.05, 4.69) is 20.9 Å². The SMILES string of the molecule is COc1ccc(CNC(=O)c2nnn(CC(=O)Nc3cccc(OC)c3)c2N)cc1.